The lowest BCUT2D eigenvalue weighted by Gasteiger charge is -2.18. The van der Waals surface area contributed by atoms with Gasteiger partial charge in [0.25, 0.3) is 0 Å². The average Bonchev–Trinajstić information content (AvgIpc) is 2.39. The fourth-order valence-corrected chi connectivity index (χ4v) is 1.87. The van der Waals surface area contributed by atoms with Crippen molar-refractivity contribution in [1.82, 2.24) is 15.0 Å². The highest BCUT2D eigenvalue weighted by atomic mass is 35.5. The molecule has 2 rings (SSSR count). The summed E-state index contributed by atoms with van der Waals surface area (Å²) in [6.07, 6.45) is 0. The monoisotopic (exact) mass is 293 g/mol. The van der Waals surface area contributed by atoms with Gasteiger partial charge in [-0.05, 0) is 32.0 Å². The molecular formula is C13H16ClN5O. The third-order valence-electron chi connectivity index (χ3n) is 2.67. The Hall–Kier alpha value is -2.08. The van der Waals surface area contributed by atoms with Crippen LogP contribution in [0.1, 0.15) is 13.8 Å². The van der Waals surface area contributed by atoms with E-state index in [1.807, 2.05) is 18.7 Å². The number of benzene rings is 1. The molecule has 0 spiro atoms. The van der Waals surface area contributed by atoms with Crippen molar-refractivity contribution in [3.05, 3.63) is 29.3 Å². The van der Waals surface area contributed by atoms with Crippen LogP contribution in [0.25, 0.3) is 0 Å². The number of nitrogen functional groups attached to an aromatic ring is 1. The van der Waals surface area contributed by atoms with Crippen LogP contribution in [0.3, 0.4) is 0 Å². The largest absolute Gasteiger partial charge is 0.424 e. The first-order chi connectivity index (χ1) is 9.62. The number of halogens is 1. The molecule has 0 saturated heterocycles. The van der Waals surface area contributed by atoms with Crippen LogP contribution in [0.4, 0.5) is 11.9 Å². The smallest absolute Gasteiger partial charge is 0.328 e. The van der Waals surface area contributed by atoms with Crippen LogP contribution < -0.4 is 15.4 Å². The van der Waals surface area contributed by atoms with Gasteiger partial charge >= 0.3 is 6.01 Å². The summed E-state index contributed by atoms with van der Waals surface area (Å²) < 4.78 is 5.57. The van der Waals surface area contributed by atoms with Crippen molar-refractivity contribution >= 4 is 23.5 Å². The van der Waals surface area contributed by atoms with E-state index in [0.717, 1.165) is 13.1 Å². The van der Waals surface area contributed by atoms with Crippen LogP contribution in [0.15, 0.2) is 24.3 Å². The minimum Gasteiger partial charge on any atom is -0.424 e. The number of aromatic nitrogens is 3. The van der Waals surface area contributed by atoms with E-state index in [1.165, 1.54) is 0 Å². The minimum absolute atomic E-state index is 0.124. The Morgan fingerprint density at radius 2 is 1.95 bits per heavy atom. The summed E-state index contributed by atoms with van der Waals surface area (Å²) in [6, 6.07) is 7.15. The van der Waals surface area contributed by atoms with Gasteiger partial charge in [0, 0.05) is 18.1 Å². The third-order valence-corrected chi connectivity index (χ3v) is 2.91. The molecule has 1 aromatic carbocycles. The Morgan fingerprint density at radius 3 is 2.60 bits per heavy atom. The van der Waals surface area contributed by atoms with Crippen LogP contribution in [0.2, 0.25) is 5.02 Å². The van der Waals surface area contributed by atoms with E-state index in [-0.39, 0.29) is 12.0 Å². The van der Waals surface area contributed by atoms with E-state index in [0.29, 0.717) is 16.7 Å². The Bertz CT molecular complexity index is 589. The minimum atomic E-state index is 0.124. The molecule has 2 aromatic rings. The standard InChI is InChI=1S/C13H16ClN5O/c1-3-19(4-2)12-16-11(15)17-13(18-12)20-10-7-5-6-9(14)8-10/h5-8H,3-4H2,1-2H3,(H2,15,16,17,18). The summed E-state index contributed by atoms with van der Waals surface area (Å²) >= 11 is 5.90. The molecule has 0 unspecified atom stereocenters. The third kappa shape index (κ3) is 3.48. The number of ether oxygens (including phenoxy) is 1. The summed E-state index contributed by atoms with van der Waals surface area (Å²) in [4.78, 5) is 14.3. The molecule has 0 saturated carbocycles. The van der Waals surface area contributed by atoms with Crippen LogP contribution in [-0.2, 0) is 0 Å². The van der Waals surface area contributed by atoms with Gasteiger partial charge in [0.2, 0.25) is 11.9 Å². The molecule has 7 heteroatoms. The molecule has 0 aliphatic rings. The van der Waals surface area contributed by atoms with E-state index in [4.69, 9.17) is 22.1 Å². The molecule has 20 heavy (non-hydrogen) atoms. The molecule has 2 N–H and O–H groups in total. The SMILES string of the molecule is CCN(CC)c1nc(N)nc(Oc2cccc(Cl)c2)n1. The number of hydrogen-bond acceptors (Lipinski definition) is 6. The number of nitrogens with zero attached hydrogens (tertiary/aromatic N) is 4. The zero-order chi connectivity index (χ0) is 14.5. The van der Waals surface area contributed by atoms with Gasteiger partial charge in [-0.15, -0.1) is 0 Å². The molecule has 6 nitrogen and oxygen atoms in total. The maximum Gasteiger partial charge on any atom is 0.328 e. The first kappa shape index (κ1) is 14.3. The number of anilines is 2. The zero-order valence-electron chi connectivity index (χ0n) is 11.4. The lowest BCUT2D eigenvalue weighted by molar-refractivity contribution is 0.440. The quantitative estimate of drug-likeness (QED) is 0.913. The topological polar surface area (TPSA) is 77.2 Å². The van der Waals surface area contributed by atoms with Crippen molar-refractivity contribution in [2.45, 2.75) is 13.8 Å². The molecule has 106 valence electrons. The van der Waals surface area contributed by atoms with Crippen molar-refractivity contribution in [1.29, 1.82) is 0 Å². The van der Waals surface area contributed by atoms with Gasteiger partial charge < -0.3 is 15.4 Å². The second kappa shape index (κ2) is 6.38. The zero-order valence-corrected chi connectivity index (χ0v) is 12.1. The van der Waals surface area contributed by atoms with E-state index >= 15 is 0 Å². The molecule has 0 aliphatic heterocycles. The second-order valence-electron chi connectivity index (χ2n) is 4.01. The maximum atomic E-state index is 5.90. The fraction of sp³-hybridized carbons (Fsp3) is 0.308. The van der Waals surface area contributed by atoms with E-state index < -0.39 is 0 Å². The molecule has 0 aliphatic carbocycles. The van der Waals surface area contributed by atoms with Gasteiger partial charge in [-0.25, -0.2) is 0 Å². The Balaban J connectivity index is 2.28. The summed E-state index contributed by atoms with van der Waals surface area (Å²) in [5.41, 5.74) is 5.70. The van der Waals surface area contributed by atoms with E-state index in [1.54, 1.807) is 24.3 Å². The Labute approximate surface area is 122 Å². The van der Waals surface area contributed by atoms with Crippen molar-refractivity contribution in [2.24, 2.45) is 0 Å². The van der Waals surface area contributed by atoms with Crippen LogP contribution >= 0.6 is 11.6 Å². The van der Waals surface area contributed by atoms with Gasteiger partial charge in [-0.1, -0.05) is 17.7 Å². The molecule has 0 atom stereocenters. The molecule has 0 bridgehead atoms. The molecule has 1 aromatic heterocycles. The van der Waals surface area contributed by atoms with Crippen molar-refractivity contribution in [3.63, 3.8) is 0 Å². The maximum absolute atomic E-state index is 5.90. The highest BCUT2D eigenvalue weighted by Crippen LogP contribution is 2.23. The molecule has 0 amide bonds. The molecule has 1 heterocycles. The van der Waals surface area contributed by atoms with Crippen LogP contribution in [0.5, 0.6) is 11.8 Å². The number of rotatable bonds is 5. The lowest BCUT2D eigenvalue weighted by Crippen LogP contribution is -2.25. The molecule has 0 radical (unpaired) electrons. The normalized spacial score (nSPS) is 10.3. The fourth-order valence-electron chi connectivity index (χ4n) is 1.69. The summed E-state index contributed by atoms with van der Waals surface area (Å²) in [6.45, 7) is 5.58. The van der Waals surface area contributed by atoms with Gasteiger partial charge in [-0.3, -0.25) is 0 Å². The highest BCUT2D eigenvalue weighted by Gasteiger charge is 2.11. The van der Waals surface area contributed by atoms with Crippen molar-refractivity contribution in [3.8, 4) is 11.8 Å². The van der Waals surface area contributed by atoms with Gasteiger partial charge in [0.1, 0.15) is 5.75 Å². The first-order valence-electron chi connectivity index (χ1n) is 6.32. The lowest BCUT2D eigenvalue weighted by atomic mass is 10.3. The summed E-state index contributed by atoms with van der Waals surface area (Å²) in [7, 11) is 0. The van der Waals surface area contributed by atoms with Crippen LogP contribution in [0, 0.1) is 0 Å². The van der Waals surface area contributed by atoms with Gasteiger partial charge in [-0.2, -0.15) is 15.0 Å². The Kier molecular flexibility index (Phi) is 4.57. The predicted octanol–water partition coefficient (Wildman–Crippen LogP) is 2.75. The number of nitrogens with two attached hydrogens (primary N) is 1. The van der Waals surface area contributed by atoms with E-state index in [9.17, 15) is 0 Å². The van der Waals surface area contributed by atoms with Crippen LogP contribution in [-0.4, -0.2) is 28.0 Å². The van der Waals surface area contributed by atoms with Gasteiger partial charge in [0.05, 0.1) is 0 Å². The first-order valence-corrected chi connectivity index (χ1v) is 6.70. The average molecular weight is 294 g/mol. The van der Waals surface area contributed by atoms with Crippen molar-refractivity contribution in [2.75, 3.05) is 23.7 Å². The second-order valence-corrected chi connectivity index (χ2v) is 4.44. The highest BCUT2D eigenvalue weighted by molar-refractivity contribution is 6.30. The Morgan fingerprint density at radius 1 is 1.20 bits per heavy atom. The van der Waals surface area contributed by atoms with Gasteiger partial charge in [0.15, 0.2) is 0 Å². The van der Waals surface area contributed by atoms with Crippen molar-refractivity contribution < 1.29 is 4.74 Å². The summed E-state index contributed by atoms with van der Waals surface area (Å²) in [5.74, 6) is 1.17. The molecular weight excluding hydrogens is 278 g/mol. The number of hydrogen-bond donors (Lipinski definition) is 1. The molecule has 0 fully saturated rings. The predicted molar refractivity (Wildman–Crippen MR) is 79.3 cm³/mol. The summed E-state index contributed by atoms with van der Waals surface area (Å²) in [5, 5.41) is 0.577. The van der Waals surface area contributed by atoms with E-state index in [2.05, 4.69) is 15.0 Å².